The van der Waals surface area contributed by atoms with Crippen molar-refractivity contribution in [2.45, 2.75) is 38.6 Å². The van der Waals surface area contributed by atoms with Gasteiger partial charge in [-0.1, -0.05) is 13.3 Å². The third-order valence-corrected chi connectivity index (χ3v) is 3.22. The number of carboxylic acid groups (broad SMARTS) is 1. The second-order valence-corrected chi connectivity index (χ2v) is 4.41. The first-order chi connectivity index (χ1) is 8.61. The van der Waals surface area contributed by atoms with Crippen LogP contribution in [-0.4, -0.2) is 38.2 Å². The van der Waals surface area contributed by atoms with Crippen molar-refractivity contribution in [1.29, 1.82) is 0 Å². The van der Waals surface area contributed by atoms with Crippen molar-refractivity contribution in [3.63, 3.8) is 0 Å². The normalized spacial score (nSPS) is 22.9. The molecular weight excluding hydrogens is 236 g/mol. The number of aryl methyl sites for hydroxylation is 1. The molecule has 0 bridgehead atoms. The van der Waals surface area contributed by atoms with Crippen molar-refractivity contribution < 1.29 is 14.7 Å². The number of hydrogen-bond acceptors (Lipinski definition) is 4. The molecule has 0 spiro atoms. The van der Waals surface area contributed by atoms with Crippen molar-refractivity contribution in [3.05, 3.63) is 11.6 Å². The molecule has 18 heavy (non-hydrogen) atoms. The van der Waals surface area contributed by atoms with Gasteiger partial charge in [-0.05, 0) is 12.8 Å². The first kappa shape index (κ1) is 12.5. The van der Waals surface area contributed by atoms with Gasteiger partial charge in [0.25, 0.3) is 5.91 Å². The molecule has 1 aromatic rings. The Bertz CT molecular complexity index is 457. The van der Waals surface area contributed by atoms with Gasteiger partial charge in [-0.2, -0.15) is 0 Å². The Morgan fingerprint density at radius 1 is 1.50 bits per heavy atom. The van der Waals surface area contributed by atoms with Crippen LogP contribution in [0.15, 0.2) is 0 Å². The van der Waals surface area contributed by atoms with E-state index in [4.69, 9.17) is 5.11 Å². The largest absolute Gasteiger partial charge is 0.481 e. The van der Waals surface area contributed by atoms with Crippen LogP contribution in [-0.2, 0) is 11.2 Å². The summed E-state index contributed by atoms with van der Waals surface area (Å²) >= 11 is 0. The van der Waals surface area contributed by atoms with Gasteiger partial charge in [-0.15, -0.1) is 5.10 Å². The lowest BCUT2D eigenvalue weighted by Crippen LogP contribution is -2.40. The van der Waals surface area contributed by atoms with Crippen LogP contribution in [0.2, 0.25) is 0 Å². The number of aromatic amines is 1. The minimum Gasteiger partial charge on any atom is -0.481 e. The lowest BCUT2D eigenvalue weighted by Gasteiger charge is -2.16. The van der Waals surface area contributed by atoms with E-state index in [2.05, 4.69) is 20.5 Å². The first-order valence-electron chi connectivity index (χ1n) is 6.06. The van der Waals surface area contributed by atoms with Crippen molar-refractivity contribution in [2.24, 2.45) is 5.92 Å². The third-order valence-electron chi connectivity index (χ3n) is 3.22. The molecule has 1 fully saturated rings. The topological polar surface area (TPSA) is 108 Å². The Labute approximate surface area is 104 Å². The molecule has 1 aliphatic rings. The van der Waals surface area contributed by atoms with Gasteiger partial charge in [-0.25, -0.2) is 4.98 Å². The minimum atomic E-state index is -0.859. The van der Waals surface area contributed by atoms with Gasteiger partial charge in [-0.3, -0.25) is 14.7 Å². The van der Waals surface area contributed by atoms with Crippen molar-refractivity contribution >= 4 is 11.9 Å². The van der Waals surface area contributed by atoms with Gasteiger partial charge in [0.2, 0.25) is 5.82 Å². The first-order valence-corrected chi connectivity index (χ1v) is 6.06. The van der Waals surface area contributed by atoms with Gasteiger partial charge in [0.15, 0.2) is 0 Å². The van der Waals surface area contributed by atoms with Gasteiger partial charge in [0.05, 0.1) is 5.92 Å². The summed E-state index contributed by atoms with van der Waals surface area (Å²) in [5.41, 5.74) is 0. The molecule has 1 heterocycles. The van der Waals surface area contributed by atoms with Crippen LogP contribution >= 0.6 is 0 Å². The number of carboxylic acids is 1. The highest BCUT2D eigenvalue weighted by Crippen LogP contribution is 2.25. The lowest BCUT2D eigenvalue weighted by atomic mass is 10.0. The molecule has 0 radical (unpaired) electrons. The fourth-order valence-electron chi connectivity index (χ4n) is 2.22. The zero-order chi connectivity index (χ0) is 13.1. The summed E-state index contributed by atoms with van der Waals surface area (Å²) in [7, 11) is 0. The minimum absolute atomic E-state index is 0.0721. The second-order valence-electron chi connectivity index (χ2n) is 4.41. The molecule has 1 aromatic heterocycles. The van der Waals surface area contributed by atoms with E-state index in [0.29, 0.717) is 25.1 Å². The van der Waals surface area contributed by atoms with Crippen LogP contribution in [0.4, 0.5) is 0 Å². The molecule has 2 unspecified atom stereocenters. The summed E-state index contributed by atoms with van der Waals surface area (Å²) in [5.74, 6) is -1.06. The zero-order valence-corrected chi connectivity index (χ0v) is 10.1. The summed E-state index contributed by atoms with van der Waals surface area (Å²) in [6, 6.07) is -0.321. The predicted octanol–water partition coefficient (Wildman–Crippen LogP) is 0.350. The van der Waals surface area contributed by atoms with E-state index in [-0.39, 0.29) is 11.9 Å². The van der Waals surface area contributed by atoms with Crippen LogP contribution < -0.4 is 5.32 Å². The van der Waals surface area contributed by atoms with Gasteiger partial charge >= 0.3 is 5.97 Å². The Kier molecular flexibility index (Phi) is 3.59. The summed E-state index contributed by atoms with van der Waals surface area (Å²) in [6.45, 7) is 1.90. The molecule has 1 amide bonds. The van der Waals surface area contributed by atoms with Crippen molar-refractivity contribution in [2.75, 3.05) is 0 Å². The molecule has 0 aromatic carbocycles. The SMILES string of the molecule is CCc1nc(C(=O)NC2CCCC2C(=O)O)n[nH]1. The molecule has 1 aliphatic carbocycles. The second kappa shape index (κ2) is 5.16. The fourth-order valence-corrected chi connectivity index (χ4v) is 2.22. The average molecular weight is 252 g/mol. The Balaban J connectivity index is 2.00. The lowest BCUT2D eigenvalue weighted by molar-refractivity contribution is -0.142. The molecule has 3 N–H and O–H groups in total. The average Bonchev–Trinajstić information content (AvgIpc) is 2.96. The van der Waals surface area contributed by atoms with Crippen LogP contribution in [0.3, 0.4) is 0 Å². The van der Waals surface area contributed by atoms with E-state index in [1.807, 2.05) is 6.92 Å². The van der Waals surface area contributed by atoms with Gasteiger partial charge in [0.1, 0.15) is 5.82 Å². The predicted molar refractivity (Wildman–Crippen MR) is 62.0 cm³/mol. The van der Waals surface area contributed by atoms with Crippen LogP contribution in [0.5, 0.6) is 0 Å². The Hall–Kier alpha value is -1.92. The van der Waals surface area contributed by atoms with Crippen LogP contribution in [0, 0.1) is 5.92 Å². The highest BCUT2D eigenvalue weighted by atomic mass is 16.4. The standard InChI is InChI=1S/C11H16N4O3/c1-2-8-13-9(15-14-8)10(16)12-7-5-3-4-6(7)11(17)18/h6-7H,2-5H2,1H3,(H,12,16)(H,17,18)(H,13,14,15). The maximum absolute atomic E-state index is 11.8. The number of aromatic nitrogens is 3. The molecule has 2 rings (SSSR count). The number of amides is 1. The molecule has 2 atom stereocenters. The van der Waals surface area contributed by atoms with E-state index in [1.54, 1.807) is 0 Å². The molecule has 7 nitrogen and oxygen atoms in total. The number of H-pyrrole nitrogens is 1. The number of carbonyl (C=O) groups is 2. The summed E-state index contributed by atoms with van der Waals surface area (Å²) < 4.78 is 0. The molecule has 0 aliphatic heterocycles. The highest BCUT2D eigenvalue weighted by molar-refractivity contribution is 5.91. The van der Waals surface area contributed by atoms with E-state index in [1.165, 1.54) is 0 Å². The Morgan fingerprint density at radius 3 is 2.89 bits per heavy atom. The summed E-state index contributed by atoms with van der Waals surface area (Å²) in [5, 5.41) is 18.2. The molecular formula is C11H16N4O3. The Morgan fingerprint density at radius 2 is 2.28 bits per heavy atom. The fraction of sp³-hybridized carbons (Fsp3) is 0.636. The summed E-state index contributed by atoms with van der Waals surface area (Å²) in [6.07, 6.45) is 2.78. The number of carbonyl (C=O) groups excluding carboxylic acids is 1. The molecule has 1 saturated carbocycles. The van der Waals surface area contributed by atoms with E-state index < -0.39 is 17.8 Å². The molecule has 98 valence electrons. The quantitative estimate of drug-likeness (QED) is 0.716. The number of aliphatic carboxylic acids is 1. The van der Waals surface area contributed by atoms with E-state index in [0.717, 1.165) is 6.42 Å². The number of nitrogens with one attached hydrogen (secondary N) is 2. The maximum Gasteiger partial charge on any atom is 0.308 e. The zero-order valence-electron chi connectivity index (χ0n) is 10.1. The summed E-state index contributed by atoms with van der Waals surface area (Å²) in [4.78, 5) is 26.9. The van der Waals surface area contributed by atoms with Crippen LogP contribution in [0.1, 0.15) is 42.6 Å². The van der Waals surface area contributed by atoms with Crippen molar-refractivity contribution in [1.82, 2.24) is 20.5 Å². The maximum atomic E-state index is 11.8. The monoisotopic (exact) mass is 252 g/mol. The third kappa shape index (κ3) is 2.49. The number of rotatable bonds is 4. The molecule has 0 saturated heterocycles. The van der Waals surface area contributed by atoms with E-state index >= 15 is 0 Å². The number of nitrogens with zero attached hydrogens (tertiary/aromatic N) is 2. The number of hydrogen-bond donors (Lipinski definition) is 3. The highest BCUT2D eigenvalue weighted by Gasteiger charge is 2.34. The smallest absolute Gasteiger partial charge is 0.308 e. The van der Waals surface area contributed by atoms with Gasteiger partial charge in [0, 0.05) is 12.5 Å². The van der Waals surface area contributed by atoms with E-state index in [9.17, 15) is 9.59 Å². The van der Waals surface area contributed by atoms with Crippen molar-refractivity contribution in [3.8, 4) is 0 Å². The molecule has 7 heteroatoms. The van der Waals surface area contributed by atoms with Crippen LogP contribution in [0.25, 0.3) is 0 Å². The van der Waals surface area contributed by atoms with Gasteiger partial charge < -0.3 is 10.4 Å².